The first-order valence-corrected chi connectivity index (χ1v) is 6.43. The number of aromatic nitrogens is 3. The topological polar surface area (TPSA) is 60.0 Å². The van der Waals surface area contributed by atoms with Gasteiger partial charge >= 0.3 is 5.97 Å². The molecule has 108 valence electrons. The SMILES string of the molecule is Cc1c(-c2cc(C(=O)O)n(C)n2)c2c(F)cccc2n1C. The number of nitrogens with zero attached hydrogens (tertiary/aromatic N) is 3. The molecule has 2 heterocycles. The van der Waals surface area contributed by atoms with Crippen LogP contribution < -0.4 is 0 Å². The first kappa shape index (κ1) is 13.4. The Hall–Kier alpha value is -2.63. The maximum atomic E-state index is 14.2. The van der Waals surface area contributed by atoms with E-state index in [0.717, 1.165) is 11.2 Å². The zero-order valence-corrected chi connectivity index (χ0v) is 11.9. The predicted molar refractivity (Wildman–Crippen MR) is 76.8 cm³/mol. The van der Waals surface area contributed by atoms with E-state index in [1.165, 1.54) is 16.8 Å². The Bertz CT molecular complexity index is 877. The van der Waals surface area contributed by atoms with Gasteiger partial charge in [0.25, 0.3) is 0 Å². The molecule has 0 saturated heterocycles. The summed E-state index contributed by atoms with van der Waals surface area (Å²) in [6.45, 7) is 1.86. The average Bonchev–Trinajstić information content (AvgIpc) is 2.92. The minimum atomic E-state index is -1.06. The van der Waals surface area contributed by atoms with E-state index in [1.54, 1.807) is 13.1 Å². The molecule has 1 N–H and O–H groups in total. The fourth-order valence-corrected chi connectivity index (χ4v) is 2.67. The lowest BCUT2D eigenvalue weighted by atomic mass is 10.1. The molecule has 0 fully saturated rings. The lowest BCUT2D eigenvalue weighted by Gasteiger charge is -1.98. The van der Waals surface area contributed by atoms with Crippen molar-refractivity contribution in [2.24, 2.45) is 14.1 Å². The van der Waals surface area contributed by atoms with Crippen LogP contribution in [0.15, 0.2) is 24.3 Å². The summed E-state index contributed by atoms with van der Waals surface area (Å²) in [7, 11) is 3.41. The highest BCUT2D eigenvalue weighted by Gasteiger charge is 2.21. The number of fused-ring (bicyclic) bond motifs is 1. The molecular formula is C15H14FN3O2. The number of halogens is 1. The van der Waals surface area contributed by atoms with Crippen LogP contribution in [-0.4, -0.2) is 25.4 Å². The van der Waals surface area contributed by atoms with Crippen LogP contribution >= 0.6 is 0 Å². The van der Waals surface area contributed by atoms with Crippen LogP contribution in [0, 0.1) is 12.7 Å². The third kappa shape index (κ3) is 1.83. The smallest absolute Gasteiger partial charge is 0.354 e. The molecule has 5 nitrogen and oxygen atoms in total. The van der Waals surface area contributed by atoms with Crippen molar-refractivity contribution in [1.29, 1.82) is 0 Å². The number of hydrogen-bond donors (Lipinski definition) is 1. The van der Waals surface area contributed by atoms with E-state index in [-0.39, 0.29) is 11.5 Å². The van der Waals surface area contributed by atoms with Crippen LogP contribution in [0.2, 0.25) is 0 Å². The van der Waals surface area contributed by atoms with E-state index in [1.807, 2.05) is 24.6 Å². The van der Waals surface area contributed by atoms with E-state index in [9.17, 15) is 9.18 Å². The Kier molecular flexibility index (Phi) is 2.83. The normalized spacial score (nSPS) is 11.2. The molecule has 6 heteroatoms. The number of rotatable bonds is 2. The largest absolute Gasteiger partial charge is 0.477 e. The summed E-state index contributed by atoms with van der Waals surface area (Å²) in [4.78, 5) is 11.1. The standard InChI is InChI=1S/C15H14FN3O2/c1-8-13(10-7-12(15(20)21)19(3)17-10)14-9(16)5-4-6-11(14)18(8)2/h4-7H,1-3H3,(H,20,21). The molecule has 0 aliphatic carbocycles. The van der Waals surface area contributed by atoms with Gasteiger partial charge in [0.1, 0.15) is 11.5 Å². The summed E-state index contributed by atoms with van der Waals surface area (Å²) in [6, 6.07) is 6.35. The van der Waals surface area contributed by atoms with Crippen LogP contribution in [-0.2, 0) is 14.1 Å². The molecule has 3 rings (SSSR count). The van der Waals surface area contributed by atoms with E-state index in [2.05, 4.69) is 5.10 Å². The second-order valence-corrected chi connectivity index (χ2v) is 5.00. The van der Waals surface area contributed by atoms with E-state index in [4.69, 9.17) is 5.11 Å². The van der Waals surface area contributed by atoms with Gasteiger partial charge in [-0.2, -0.15) is 5.10 Å². The van der Waals surface area contributed by atoms with Gasteiger partial charge in [0.05, 0.1) is 11.2 Å². The minimum absolute atomic E-state index is 0.0674. The number of aromatic carboxylic acids is 1. The van der Waals surface area contributed by atoms with Gasteiger partial charge in [0.2, 0.25) is 0 Å². The van der Waals surface area contributed by atoms with Gasteiger partial charge < -0.3 is 9.67 Å². The molecule has 0 bridgehead atoms. The second-order valence-electron chi connectivity index (χ2n) is 5.00. The molecule has 0 aliphatic heterocycles. The van der Waals surface area contributed by atoms with Gasteiger partial charge in [0.15, 0.2) is 0 Å². The molecule has 0 radical (unpaired) electrons. The van der Waals surface area contributed by atoms with Gasteiger partial charge in [-0.1, -0.05) is 6.07 Å². The number of carboxylic acids is 1. The molecule has 0 amide bonds. The van der Waals surface area contributed by atoms with Gasteiger partial charge in [-0.15, -0.1) is 0 Å². The van der Waals surface area contributed by atoms with Crippen LogP contribution in [0.4, 0.5) is 4.39 Å². The van der Waals surface area contributed by atoms with Crippen LogP contribution in [0.25, 0.3) is 22.2 Å². The Morgan fingerprint density at radius 1 is 1.33 bits per heavy atom. The average molecular weight is 287 g/mol. The Labute approximate surface area is 120 Å². The minimum Gasteiger partial charge on any atom is -0.477 e. The number of carbonyl (C=O) groups is 1. The van der Waals surface area contributed by atoms with Crippen molar-refractivity contribution >= 4 is 16.9 Å². The van der Waals surface area contributed by atoms with Crippen molar-refractivity contribution in [2.45, 2.75) is 6.92 Å². The molecule has 0 unspecified atom stereocenters. The summed E-state index contributed by atoms with van der Waals surface area (Å²) in [5, 5.41) is 13.8. The van der Waals surface area contributed by atoms with Crippen molar-refractivity contribution < 1.29 is 14.3 Å². The van der Waals surface area contributed by atoms with E-state index < -0.39 is 5.97 Å². The predicted octanol–water partition coefficient (Wildman–Crippen LogP) is 2.72. The molecule has 0 atom stereocenters. The van der Waals surface area contributed by atoms with Crippen molar-refractivity contribution in [3.8, 4) is 11.3 Å². The van der Waals surface area contributed by atoms with Gasteiger partial charge in [-0.3, -0.25) is 4.68 Å². The first-order chi connectivity index (χ1) is 9.91. The highest BCUT2D eigenvalue weighted by atomic mass is 19.1. The molecule has 0 aliphatic rings. The molecule has 21 heavy (non-hydrogen) atoms. The third-order valence-electron chi connectivity index (χ3n) is 3.82. The summed E-state index contributed by atoms with van der Waals surface area (Å²) in [5.74, 6) is -1.40. The summed E-state index contributed by atoms with van der Waals surface area (Å²) in [6.07, 6.45) is 0. The van der Waals surface area contributed by atoms with Crippen molar-refractivity contribution in [3.63, 3.8) is 0 Å². The zero-order valence-electron chi connectivity index (χ0n) is 11.9. The molecule has 1 aromatic carbocycles. The quantitative estimate of drug-likeness (QED) is 0.788. The summed E-state index contributed by atoms with van der Waals surface area (Å²) >= 11 is 0. The molecule has 3 aromatic rings. The number of aryl methyl sites for hydroxylation is 2. The second kappa shape index (κ2) is 4.44. The Morgan fingerprint density at radius 2 is 2.05 bits per heavy atom. The molecule has 2 aromatic heterocycles. The Balaban J connectivity index is 2.38. The van der Waals surface area contributed by atoms with Gasteiger partial charge in [-0.25, -0.2) is 9.18 Å². The zero-order chi connectivity index (χ0) is 15.3. The summed E-state index contributed by atoms with van der Waals surface area (Å²) < 4.78 is 17.4. The number of carboxylic acid groups (broad SMARTS) is 1. The number of benzene rings is 1. The lowest BCUT2D eigenvalue weighted by molar-refractivity contribution is 0.0685. The van der Waals surface area contributed by atoms with Crippen molar-refractivity contribution in [3.05, 3.63) is 41.5 Å². The fraction of sp³-hybridized carbons (Fsp3) is 0.200. The third-order valence-corrected chi connectivity index (χ3v) is 3.82. The molecule has 0 spiro atoms. The lowest BCUT2D eigenvalue weighted by Crippen LogP contribution is -2.04. The fourth-order valence-electron chi connectivity index (χ4n) is 2.67. The van der Waals surface area contributed by atoms with Crippen LogP contribution in [0.1, 0.15) is 16.2 Å². The highest BCUT2D eigenvalue weighted by Crippen LogP contribution is 2.35. The van der Waals surface area contributed by atoms with E-state index in [0.29, 0.717) is 16.6 Å². The Morgan fingerprint density at radius 3 is 2.67 bits per heavy atom. The van der Waals surface area contributed by atoms with E-state index >= 15 is 0 Å². The monoisotopic (exact) mass is 287 g/mol. The van der Waals surface area contributed by atoms with Crippen molar-refractivity contribution in [2.75, 3.05) is 0 Å². The van der Waals surface area contributed by atoms with Crippen LogP contribution in [0.5, 0.6) is 0 Å². The molecular weight excluding hydrogens is 273 g/mol. The van der Waals surface area contributed by atoms with Gasteiger partial charge in [-0.05, 0) is 25.1 Å². The molecule has 0 saturated carbocycles. The number of hydrogen-bond acceptors (Lipinski definition) is 2. The van der Waals surface area contributed by atoms with Crippen molar-refractivity contribution in [1.82, 2.24) is 14.3 Å². The first-order valence-electron chi connectivity index (χ1n) is 6.43. The summed E-state index contributed by atoms with van der Waals surface area (Å²) in [5.41, 5.74) is 2.75. The maximum Gasteiger partial charge on any atom is 0.354 e. The van der Waals surface area contributed by atoms with Crippen LogP contribution in [0.3, 0.4) is 0 Å². The van der Waals surface area contributed by atoms with Gasteiger partial charge in [0, 0.05) is 30.7 Å². The maximum absolute atomic E-state index is 14.2. The highest BCUT2D eigenvalue weighted by molar-refractivity contribution is 5.98.